The van der Waals surface area contributed by atoms with E-state index in [9.17, 15) is 4.79 Å². The van der Waals surface area contributed by atoms with Crippen molar-refractivity contribution in [2.24, 2.45) is 5.92 Å². The number of nitrogens with one attached hydrogen (secondary N) is 1. The Balaban J connectivity index is 1.78. The average Bonchev–Trinajstić information content (AvgIpc) is 2.70. The third kappa shape index (κ3) is 3.28. The minimum Gasteiger partial charge on any atom is -0.301 e. The highest BCUT2D eigenvalue weighted by Crippen LogP contribution is 2.15. The molecule has 0 spiro atoms. The minimum atomic E-state index is 0.0454. The van der Waals surface area contributed by atoms with E-state index in [1.807, 2.05) is 5.38 Å². The number of anilines is 1. The molecule has 1 atom stereocenters. The Kier molecular flexibility index (Phi) is 3.90. The van der Waals surface area contributed by atoms with E-state index >= 15 is 0 Å². The van der Waals surface area contributed by atoms with Crippen molar-refractivity contribution in [2.45, 2.75) is 19.8 Å². The van der Waals surface area contributed by atoms with E-state index in [0.717, 1.165) is 13.1 Å². The zero-order valence-electron chi connectivity index (χ0n) is 9.48. The van der Waals surface area contributed by atoms with E-state index in [0.29, 0.717) is 17.6 Å². The van der Waals surface area contributed by atoms with Crippen LogP contribution in [0.4, 0.5) is 5.13 Å². The smallest absolute Gasteiger partial charge is 0.240 e. The number of hydrogen-bond acceptors (Lipinski definition) is 4. The number of aromatic nitrogens is 1. The second-order valence-corrected chi connectivity index (χ2v) is 5.26. The lowest BCUT2D eigenvalue weighted by molar-refractivity contribution is -0.117. The van der Waals surface area contributed by atoms with Gasteiger partial charge < -0.3 is 5.32 Å². The molecule has 0 unspecified atom stereocenters. The van der Waals surface area contributed by atoms with Gasteiger partial charge in [0.25, 0.3) is 0 Å². The Morgan fingerprint density at radius 3 is 3.31 bits per heavy atom. The molecule has 1 aliphatic rings. The fraction of sp³-hybridized carbons (Fsp3) is 0.636. The van der Waals surface area contributed by atoms with Gasteiger partial charge in [-0.2, -0.15) is 0 Å². The van der Waals surface area contributed by atoms with E-state index in [1.165, 1.54) is 24.2 Å². The highest BCUT2D eigenvalue weighted by molar-refractivity contribution is 7.13. The summed E-state index contributed by atoms with van der Waals surface area (Å²) in [4.78, 5) is 18.0. The predicted octanol–water partition coefficient (Wildman–Crippen LogP) is 1.81. The first-order chi connectivity index (χ1) is 7.74. The molecule has 0 aliphatic carbocycles. The van der Waals surface area contributed by atoms with Crippen LogP contribution in [0.5, 0.6) is 0 Å². The van der Waals surface area contributed by atoms with E-state index in [1.54, 1.807) is 6.20 Å². The molecule has 2 heterocycles. The molecule has 4 nitrogen and oxygen atoms in total. The van der Waals surface area contributed by atoms with Crippen molar-refractivity contribution in [1.82, 2.24) is 9.88 Å². The second kappa shape index (κ2) is 5.41. The van der Waals surface area contributed by atoms with E-state index in [2.05, 4.69) is 22.1 Å². The standard InChI is InChI=1S/C11H17N3OS/c1-9-3-2-5-14(7-9)8-10(15)13-11-12-4-6-16-11/h4,6,9H,2-3,5,7-8H2,1H3,(H,12,13,15)/t9-/m1/s1. The van der Waals surface area contributed by atoms with Crippen LogP contribution in [0, 0.1) is 5.92 Å². The molecule has 1 saturated heterocycles. The molecule has 0 radical (unpaired) electrons. The molecule has 1 aliphatic heterocycles. The maximum Gasteiger partial charge on any atom is 0.240 e. The summed E-state index contributed by atoms with van der Waals surface area (Å²) in [5.41, 5.74) is 0. The van der Waals surface area contributed by atoms with Gasteiger partial charge in [-0.25, -0.2) is 4.98 Å². The van der Waals surface area contributed by atoms with Gasteiger partial charge in [-0.3, -0.25) is 9.69 Å². The minimum absolute atomic E-state index is 0.0454. The number of nitrogens with zero attached hydrogens (tertiary/aromatic N) is 2. The fourth-order valence-corrected chi connectivity index (χ4v) is 2.62. The number of amides is 1. The van der Waals surface area contributed by atoms with Crippen molar-refractivity contribution in [2.75, 3.05) is 25.0 Å². The van der Waals surface area contributed by atoms with E-state index in [-0.39, 0.29) is 5.91 Å². The predicted molar refractivity (Wildman–Crippen MR) is 65.6 cm³/mol. The van der Waals surface area contributed by atoms with Gasteiger partial charge in [0.15, 0.2) is 5.13 Å². The lowest BCUT2D eigenvalue weighted by atomic mass is 10.0. The van der Waals surface area contributed by atoms with Gasteiger partial charge in [0.2, 0.25) is 5.91 Å². The number of rotatable bonds is 3. The van der Waals surface area contributed by atoms with E-state index in [4.69, 9.17) is 0 Å². The van der Waals surface area contributed by atoms with E-state index < -0.39 is 0 Å². The highest BCUT2D eigenvalue weighted by atomic mass is 32.1. The van der Waals surface area contributed by atoms with Crippen molar-refractivity contribution < 1.29 is 4.79 Å². The summed E-state index contributed by atoms with van der Waals surface area (Å²) >= 11 is 1.45. The molecule has 88 valence electrons. The maximum atomic E-state index is 11.7. The molecular weight excluding hydrogens is 222 g/mol. The SMILES string of the molecule is C[C@@H]1CCCN(CC(=O)Nc2nccs2)C1. The molecule has 0 saturated carbocycles. The van der Waals surface area contributed by atoms with Crippen LogP contribution in [0.3, 0.4) is 0 Å². The van der Waals surface area contributed by atoms with Crippen molar-refractivity contribution in [3.8, 4) is 0 Å². The van der Waals surface area contributed by atoms with Crippen LogP contribution in [0.1, 0.15) is 19.8 Å². The topological polar surface area (TPSA) is 45.2 Å². The second-order valence-electron chi connectivity index (χ2n) is 4.37. The molecule has 1 aromatic heterocycles. The van der Waals surface area contributed by atoms with Gasteiger partial charge in [0.05, 0.1) is 6.54 Å². The summed E-state index contributed by atoms with van der Waals surface area (Å²) in [6, 6.07) is 0. The Bertz CT molecular complexity index is 339. The van der Waals surface area contributed by atoms with Crippen LogP contribution in [-0.4, -0.2) is 35.4 Å². The molecule has 0 aromatic carbocycles. The van der Waals surface area contributed by atoms with Crippen LogP contribution in [0.25, 0.3) is 0 Å². The summed E-state index contributed by atoms with van der Waals surface area (Å²) in [6.07, 6.45) is 4.18. The van der Waals surface area contributed by atoms with Crippen molar-refractivity contribution >= 4 is 22.4 Å². The van der Waals surface area contributed by atoms with Gasteiger partial charge >= 0.3 is 0 Å². The zero-order chi connectivity index (χ0) is 11.4. The number of thiazole rings is 1. The summed E-state index contributed by atoms with van der Waals surface area (Å²) in [7, 11) is 0. The first-order valence-corrected chi connectivity index (χ1v) is 6.53. The summed E-state index contributed by atoms with van der Waals surface area (Å²) in [5, 5.41) is 5.36. The Morgan fingerprint density at radius 2 is 2.62 bits per heavy atom. The fourth-order valence-electron chi connectivity index (χ4n) is 2.08. The normalized spacial score (nSPS) is 21.9. The monoisotopic (exact) mass is 239 g/mol. The molecule has 5 heteroatoms. The van der Waals surface area contributed by atoms with Crippen LogP contribution in [-0.2, 0) is 4.79 Å². The molecule has 1 fully saturated rings. The summed E-state index contributed by atoms with van der Waals surface area (Å²) in [6.45, 7) is 4.80. The van der Waals surface area contributed by atoms with Crippen LogP contribution in [0.15, 0.2) is 11.6 Å². The Hall–Kier alpha value is -0.940. The van der Waals surface area contributed by atoms with Gasteiger partial charge in [-0.1, -0.05) is 6.92 Å². The van der Waals surface area contributed by atoms with Gasteiger partial charge in [-0.15, -0.1) is 11.3 Å². The first kappa shape index (κ1) is 11.5. The lowest BCUT2D eigenvalue weighted by Gasteiger charge is -2.29. The quantitative estimate of drug-likeness (QED) is 0.875. The summed E-state index contributed by atoms with van der Waals surface area (Å²) < 4.78 is 0. The van der Waals surface area contributed by atoms with Crippen molar-refractivity contribution in [3.05, 3.63) is 11.6 Å². The van der Waals surface area contributed by atoms with Crippen LogP contribution >= 0.6 is 11.3 Å². The highest BCUT2D eigenvalue weighted by Gasteiger charge is 2.18. The Morgan fingerprint density at radius 1 is 1.75 bits per heavy atom. The van der Waals surface area contributed by atoms with Gasteiger partial charge in [0, 0.05) is 18.1 Å². The molecular formula is C11H17N3OS. The van der Waals surface area contributed by atoms with Crippen LogP contribution in [0.2, 0.25) is 0 Å². The first-order valence-electron chi connectivity index (χ1n) is 5.66. The third-order valence-electron chi connectivity index (χ3n) is 2.79. The third-order valence-corrected chi connectivity index (χ3v) is 3.48. The van der Waals surface area contributed by atoms with Crippen molar-refractivity contribution in [3.63, 3.8) is 0 Å². The molecule has 0 bridgehead atoms. The van der Waals surface area contributed by atoms with Crippen molar-refractivity contribution in [1.29, 1.82) is 0 Å². The molecule has 16 heavy (non-hydrogen) atoms. The molecule has 1 amide bonds. The largest absolute Gasteiger partial charge is 0.301 e. The van der Waals surface area contributed by atoms with Gasteiger partial charge in [-0.05, 0) is 25.3 Å². The number of carbonyl (C=O) groups is 1. The number of hydrogen-bond donors (Lipinski definition) is 1. The molecule has 1 aromatic rings. The number of likely N-dealkylation sites (tertiary alicyclic amines) is 1. The zero-order valence-corrected chi connectivity index (χ0v) is 10.3. The van der Waals surface area contributed by atoms with Crippen LogP contribution < -0.4 is 5.32 Å². The molecule has 2 rings (SSSR count). The summed E-state index contributed by atoms with van der Waals surface area (Å²) in [5.74, 6) is 0.755. The lowest BCUT2D eigenvalue weighted by Crippen LogP contribution is -2.39. The van der Waals surface area contributed by atoms with Gasteiger partial charge in [0.1, 0.15) is 0 Å². The molecule has 1 N–H and O–H groups in total. The Labute approximate surface area is 99.7 Å². The average molecular weight is 239 g/mol. The number of piperidine rings is 1. The number of carbonyl (C=O) groups excluding carboxylic acids is 1. The maximum absolute atomic E-state index is 11.7.